The molecule has 1 unspecified atom stereocenters. The van der Waals surface area contributed by atoms with Crippen LogP contribution in [0.25, 0.3) is 10.2 Å². The number of aryl methyl sites for hydroxylation is 1. The number of methoxy groups -OCH3 is 1. The van der Waals surface area contributed by atoms with Gasteiger partial charge in [-0.1, -0.05) is 29.8 Å². The van der Waals surface area contributed by atoms with Crippen molar-refractivity contribution in [3.63, 3.8) is 0 Å². The highest BCUT2D eigenvalue weighted by Crippen LogP contribution is 2.35. The van der Waals surface area contributed by atoms with Crippen LogP contribution in [-0.4, -0.2) is 36.2 Å². The minimum absolute atomic E-state index is 0.0424. The van der Waals surface area contributed by atoms with Crippen molar-refractivity contribution in [1.29, 1.82) is 5.26 Å². The third-order valence-electron chi connectivity index (χ3n) is 5.63. The number of fused-ring (bicyclic) bond motifs is 1. The minimum atomic E-state index is -0.372. The monoisotopic (exact) mass is 473 g/mol. The lowest BCUT2D eigenvalue weighted by molar-refractivity contribution is -0.0758. The molecule has 0 N–H and O–H groups in total. The van der Waals surface area contributed by atoms with E-state index in [0.717, 1.165) is 24.2 Å². The molecule has 1 aromatic carbocycles. The molecule has 32 heavy (non-hydrogen) atoms. The normalized spacial score (nSPS) is 15.6. The van der Waals surface area contributed by atoms with Crippen LogP contribution < -0.4 is 10.2 Å². The van der Waals surface area contributed by atoms with Gasteiger partial charge in [0, 0.05) is 18.8 Å². The van der Waals surface area contributed by atoms with Crippen LogP contribution in [0.1, 0.15) is 35.8 Å². The number of ether oxygens (including phenoxy) is 3. The summed E-state index contributed by atoms with van der Waals surface area (Å²) >= 11 is 7.71. The van der Waals surface area contributed by atoms with Gasteiger partial charge in [-0.15, -0.1) is 11.3 Å². The van der Waals surface area contributed by atoms with Gasteiger partial charge in [0.1, 0.15) is 22.4 Å². The highest BCUT2D eigenvalue weighted by Gasteiger charge is 2.26. The third-order valence-corrected chi connectivity index (χ3v) is 7.24. The molecule has 3 aromatic rings. The van der Waals surface area contributed by atoms with E-state index in [2.05, 4.69) is 5.10 Å². The lowest BCUT2D eigenvalue weighted by Crippen LogP contribution is -2.28. The average molecular weight is 474 g/mol. The second-order valence-corrected chi connectivity index (χ2v) is 9.25. The Morgan fingerprint density at radius 3 is 2.84 bits per heavy atom. The Hall–Kier alpha value is -2.44. The largest absolute Gasteiger partial charge is 0.496 e. The van der Waals surface area contributed by atoms with E-state index in [1.807, 2.05) is 37.3 Å². The summed E-state index contributed by atoms with van der Waals surface area (Å²) in [4.78, 5) is 13.6. The van der Waals surface area contributed by atoms with Crippen molar-refractivity contribution in [2.75, 3.05) is 20.3 Å². The van der Waals surface area contributed by atoms with E-state index >= 15 is 0 Å². The number of para-hydroxylation sites is 1. The highest BCUT2D eigenvalue weighted by atomic mass is 35.5. The van der Waals surface area contributed by atoms with E-state index in [-0.39, 0.29) is 29.8 Å². The van der Waals surface area contributed by atoms with E-state index < -0.39 is 0 Å². The zero-order chi connectivity index (χ0) is 22.7. The minimum Gasteiger partial charge on any atom is -0.496 e. The van der Waals surface area contributed by atoms with Gasteiger partial charge in [-0.3, -0.25) is 9.48 Å². The molecule has 3 heterocycles. The van der Waals surface area contributed by atoms with Crippen molar-refractivity contribution >= 4 is 33.2 Å². The number of hydrogen-bond donors (Lipinski definition) is 0. The number of aromatic nitrogens is 2. The van der Waals surface area contributed by atoms with Gasteiger partial charge in [0.25, 0.3) is 0 Å². The molecule has 1 atom stereocenters. The molecule has 0 aliphatic carbocycles. The van der Waals surface area contributed by atoms with Crippen LogP contribution in [-0.2, 0) is 22.4 Å². The lowest BCUT2D eigenvalue weighted by atomic mass is 10.1. The molecule has 4 rings (SSSR count). The van der Waals surface area contributed by atoms with Crippen molar-refractivity contribution in [1.82, 2.24) is 9.78 Å². The summed E-state index contributed by atoms with van der Waals surface area (Å²) in [5.41, 5.74) is 1.59. The van der Waals surface area contributed by atoms with Gasteiger partial charge < -0.3 is 14.2 Å². The summed E-state index contributed by atoms with van der Waals surface area (Å²) in [7, 11) is 1.63. The first-order valence-corrected chi connectivity index (χ1v) is 11.6. The molecule has 1 aliphatic heterocycles. The molecule has 1 aliphatic rings. The summed E-state index contributed by atoms with van der Waals surface area (Å²) in [6, 6.07) is 9.78. The van der Waals surface area contributed by atoms with Crippen molar-refractivity contribution in [2.45, 2.75) is 44.9 Å². The quantitative estimate of drug-likeness (QED) is 0.504. The van der Waals surface area contributed by atoms with Crippen LogP contribution in [0.5, 0.6) is 5.75 Å². The molecular weight excluding hydrogens is 450 g/mol. The average Bonchev–Trinajstić information content (AvgIpc) is 3.12. The van der Waals surface area contributed by atoms with Crippen LogP contribution in [0.3, 0.4) is 0 Å². The maximum Gasteiger partial charge on any atom is 0.213 e. The molecule has 168 valence electrons. The topological polar surface area (TPSA) is 86.4 Å². The summed E-state index contributed by atoms with van der Waals surface area (Å²) in [6.07, 6.45) is 1.22. The van der Waals surface area contributed by atoms with Crippen molar-refractivity contribution in [3.05, 3.63) is 55.6 Å². The molecule has 0 bridgehead atoms. The summed E-state index contributed by atoms with van der Waals surface area (Å²) in [6.45, 7) is 3.49. The van der Waals surface area contributed by atoms with Crippen LogP contribution in [0.2, 0.25) is 4.34 Å². The van der Waals surface area contributed by atoms with Crippen LogP contribution >= 0.6 is 22.9 Å². The fourth-order valence-electron chi connectivity index (χ4n) is 3.96. The summed E-state index contributed by atoms with van der Waals surface area (Å²) < 4.78 is 19.9. The van der Waals surface area contributed by atoms with Crippen molar-refractivity contribution < 1.29 is 14.2 Å². The molecule has 0 spiro atoms. The fourth-order valence-corrected chi connectivity index (χ4v) is 5.27. The molecule has 1 saturated heterocycles. The zero-order valence-electron chi connectivity index (χ0n) is 18.0. The maximum atomic E-state index is 12.9. The van der Waals surface area contributed by atoms with Gasteiger partial charge in [-0.2, -0.15) is 10.4 Å². The number of rotatable bonds is 7. The predicted molar refractivity (Wildman–Crippen MR) is 124 cm³/mol. The van der Waals surface area contributed by atoms with E-state index in [0.29, 0.717) is 39.9 Å². The highest BCUT2D eigenvalue weighted by molar-refractivity contribution is 7.22. The molecule has 9 heteroatoms. The smallest absolute Gasteiger partial charge is 0.213 e. The Balaban J connectivity index is 1.81. The predicted octanol–water partition coefficient (Wildman–Crippen LogP) is 4.43. The second kappa shape index (κ2) is 10.0. The molecule has 7 nitrogen and oxygen atoms in total. The van der Waals surface area contributed by atoms with Crippen molar-refractivity contribution in [3.8, 4) is 11.8 Å². The summed E-state index contributed by atoms with van der Waals surface area (Å²) in [5, 5.41) is 14.3. The molecule has 0 amide bonds. The molecule has 1 fully saturated rings. The molecule has 0 saturated carbocycles. The molecule has 2 aromatic heterocycles. The van der Waals surface area contributed by atoms with E-state index in [1.165, 1.54) is 11.3 Å². The van der Waals surface area contributed by atoms with Gasteiger partial charge >= 0.3 is 0 Å². The lowest BCUT2D eigenvalue weighted by Gasteiger charge is -2.29. The first-order chi connectivity index (χ1) is 15.5. The van der Waals surface area contributed by atoms with E-state index in [4.69, 9.17) is 25.8 Å². The Morgan fingerprint density at radius 1 is 1.38 bits per heavy atom. The van der Waals surface area contributed by atoms with Gasteiger partial charge in [-0.25, -0.2) is 0 Å². The Morgan fingerprint density at radius 2 is 2.12 bits per heavy atom. The number of nitriles is 1. The first kappa shape index (κ1) is 22.7. The number of benzene rings is 1. The zero-order valence-corrected chi connectivity index (χ0v) is 19.5. The van der Waals surface area contributed by atoms with Crippen LogP contribution in [0.4, 0.5) is 0 Å². The number of thiophene rings is 1. The standard InChI is InChI=1S/C23H24ClN3O4S/c1-14-20-21(28)17(7-10-25)26-27(23(20)32-22(14)24)13-19(31-15-8-11-30-12-9-15)16-5-3-4-6-18(16)29-2/h3-6,15,19H,7-9,11-13H2,1-2H3. The van der Waals surface area contributed by atoms with Crippen molar-refractivity contribution in [2.24, 2.45) is 0 Å². The second-order valence-electron chi connectivity index (χ2n) is 7.65. The summed E-state index contributed by atoms with van der Waals surface area (Å²) in [5.74, 6) is 0.722. The van der Waals surface area contributed by atoms with Gasteiger partial charge in [0.15, 0.2) is 0 Å². The van der Waals surface area contributed by atoms with Crippen LogP contribution in [0, 0.1) is 18.3 Å². The van der Waals surface area contributed by atoms with E-state index in [9.17, 15) is 10.1 Å². The van der Waals surface area contributed by atoms with E-state index in [1.54, 1.807) is 11.8 Å². The maximum absolute atomic E-state index is 12.9. The van der Waals surface area contributed by atoms with Gasteiger partial charge in [0.05, 0.1) is 42.0 Å². The SMILES string of the molecule is COc1ccccc1C(Cn1nc(CC#N)c(=O)c2c(C)c(Cl)sc21)OC1CCOCC1. The Kier molecular flexibility index (Phi) is 7.11. The van der Waals surface area contributed by atoms with Gasteiger partial charge in [-0.05, 0) is 31.4 Å². The van der Waals surface area contributed by atoms with Crippen LogP contribution in [0.15, 0.2) is 29.1 Å². The first-order valence-electron chi connectivity index (χ1n) is 10.4. The fraction of sp³-hybridized carbons (Fsp3) is 0.435. The Bertz CT molecular complexity index is 1210. The third kappa shape index (κ3) is 4.52. The molecule has 0 radical (unpaired) electrons. The Labute approximate surface area is 195 Å². The number of halogens is 1. The molecular formula is C23H24ClN3O4S. The number of hydrogen-bond acceptors (Lipinski definition) is 7. The number of nitrogens with zero attached hydrogens (tertiary/aromatic N) is 3. The van der Waals surface area contributed by atoms with Gasteiger partial charge in [0.2, 0.25) is 5.43 Å².